The first-order chi connectivity index (χ1) is 11.2. The molecule has 1 aliphatic rings. The zero-order valence-electron chi connectivity index (χ0n) is 12.4. The van der Waals surface area contributed by atoms with E-state index in [-0.39, 0.29) is 11.6 Å². The van der Waals surface area contributed by atoms with Crippen LogP contribution in [0.1, 0.15) is 18.9 Å². The van der Waals surface area contributed by atoms with Crippen molar-refractivity contribution in [1.82, 2.24) is 19.9 Å². The minimum atomic E-state index is -0.563. The molecule has 1 aliphatic heterocycles. The van der Waals surface area contributed by atoms with Gasteiger partial charge in [-0.3, -0.25) is 4.79 Å². The van der Waals surface area contributed by atoms with Crippen molar-refractivity contribution < 1.29 is 5.11 Å². The number of nitrogens with zero attached hydrogens (tertiary/aromatic N) is 2. The highest BCUT2D eigenvalue weighted by Crippen LogP contribution is 2.33. The second-order valence-electron chi connectivity index (χ2n) is 5.94. The summed E-state index contributed by atoms with van der Waals surface area (Å²) in [7, 11) is 0. The Labute approximate surface area is 137 Å². The van der Waals surface area contributed by atoms with Gasteiger partial charge < -0.3 is 20.0 Å². The first kappa shape index (κ1) is 14.7. The molecule has 4 rings (SSSR count). The van der Waals surface area contributed by atoms with Gasteiger partial charge in [-0.2, -0.15) is 0 Å². The van der Waals surface area contributed by atoms with Gasteiger partial charge in [0.25, 0.3) is 5.56 Å². The van der Waals surface area contributed by atoms with Crippen LogP contribution in [0, 0.1) is 0 Å². The Morgan fingerprint density at radius 1 is 1.39 bits per heavy atom. The van der Waals surface area contributed by atoms with Crippen molar-refractivity contribution in [2.75, 3.05) is 13.1 Å². The zero-order valence-corrected chi connectivity index (χ0v) is 13.2. The summed E-state index contributed by atoms with van der Waals surface area (Å²) in [5.41, 5.74) is 1.79. The van der Waals surface area contributed by atoms with E-state index in [1.54, 1.807) is 6.07 Å². The Hall–Kier alpha value is -1.89. The lowest BCUT2D eigenvalue weighted by Crippen LogP contribution is -2.32. The van der Waals surface area contributed by atoms with Crippen molar-refractivity contribution in [3.05, 3.63) is 39.9 Å². The number of aromatic nitrogens is 3. The molecule has 1 fully saturated rings. The van der Waals surface area contributed by atoms with E-state index in [4.69, 9.17) is 11.6 Å². The van der Waals surface area contributed by atoms with Crippen LogP contribution in [0.4, 0.5) is 0 Å². The first-order valence-electron chi connectivity index (χ1n) is 7.72. The van der Waals surface area contributed by atoms with Gasteiger partial charge in [0, 0.05) is 17.0 Å². The highest BCUT2D eigenvalue weighted by Gasteiger charge is 2.27. The number of hydrogen-bond acceptors (Lipinski definition) is 4. The molecule has 23 heavy (non-hydrogen) atoms. The molecule has 1 unspecified atom stereocenters. The first-order valence-corrected chi connectivity index (χ1v) is 8.10. The van der Waals surface area contributed by atoms with Crippen LogP contribution in [-0.4, -0.2) is 38.8 Å². The number of H-pyrrole nitrogens is 1. The molecule has 0 bridgehead atoms. The molecule has 2 aromatic heterocycles. The van der Waals surface area contributed by atoms with Crippen molar-refractivity contribution in [3.8, 4) is 0 Å². The minimum Gasteiger partial charge on any atom is -0.390 e. The van der Waals surface area contributed by atoms with E-state index in [1.165, 1.54) is 6.33 Å². The topological polar surface area (TPSA) is 82.9 Å². The standard InChI is InChI=1S/C16H17ClN4O2/c17-9-3-4-11-10(6-9)14-15(16(23)20-8-19-14)21(11)12-2-1-5-18-7-13(12)22/h3-4,6,8,12-13,18,22H,1-2,5,7H2,(H,19,20,23)/t12-,13?/m1/s1. The van der Waals surface area contributed by atoms with E-state index in [9.17, 15) is 9.90 Å². The van der Waals surface area contributed by atoms with Crippen molar-refractivity contribution in [3.63, 3.8) is 0 Å². The Kier molecular flexibility index (Phi) is 3.60. The second-order valence-corrected chi connectivity index (χ2v) is 6.38. The van der Waals surface area contributed by atoms with Crippen LogP contribution in [0.15, 0.2) is 29.3 Å². The van der Waals surface area contributed by atoms with Crippen LogP contribution in [0.2, 0.25) is 5.02 Å². The fraction of sp³-hybridized carbons (Fsp3) is 0.375. The van der Waals surface area contributed by atoms with E-state index in [2.05, 4.69) is 15.3 Å². The summed E-state index contributed by atoms with van der Waals surface area (Å²) in [6, 6.07) is 5.35. The molecular formula is C16H17ClN4O2. The van der Waals surface area contributed by atoms with E-state index in [1.807, 2.05) is 16.7 Å². The molecule has 2 atom stereocenters. The fourth-order valence-electron chi connectivity index (χ4n) is 3.50. The van der Waals surface area contributed by atoms with Gasteiger partial charge in [0.1, 0.15) is 11.0 Å². The van der Waals surface area contributed by atoms with Crippen LogP contribution in [0.5, 0.6) is 0 Å². The maximum atomic E-state index is 12.4. The molecule has 0 aliphatic carbocycles. The molecule has 0 radical (unpaired) electrons. The van der Waals surface area contributed by atoms with Crippen molar-refractivity contribution >= 4 is 33.5 Å². The number of halogens is 1. The van der Waals surface area contributed by atoms with Crippen LogP contribution in [-0.2, 0) is 0 Å². The number of aliphatic hydroxyl groups is 1. The van der Waals surface area contributed by atoms with Crippen molar-refractivity contribution in [1.29, 1.82) is 0 Å². The van der Waals surface area contributed by atoms with Crippen LogP contribution in [0.25, 0.3) is 21.9 Å². The summed E-state index contributed by atoms with van der Waals surface area (Å²) in [6.07, 6.45) is 2.57. The number of fused-ring (bicyclic) bond motifs is 3. The number of nitrogens with one attached hydrogen (secondary N) is 2. The maximum absolute atomic E-state index is 12.4. The molecule has 0 amide bonds. The van der Waals surface area contributed by atoms with Gasteiger partial charge in [0.05, 0.1) is 24.0 Å². The third-order valence-electron chi connectivity index (χ3n) is 4.53. The number of aromatic amines is 1. The summed E-state index contributed by atoms with van der Waals surface area (Å²) < 4.78 is 1.94. The number of benzene rings is 1. The van der Waals surface area contributed by atoms with Gasteiger partial charge in [-0.05, 0) is 37.6 Å². The Balaban J connectivity index is 2.08. The van der Waals surface area contributed by atoms with Crippen molar-refractivity contribution in [2.24, 2.45) is 0 Å². The maximum Gasteiger partial charge on any atom is 0.275 e. The lowest BCUT2D eigenvalue weighted by Gasteiger charge is -2.23. The Bertz CT molecular complexity index is 933. The number of rotatable bonds is 1. The van der Waals surface area contributed by atoms with Gasteiger partial charge in [0.15, 0.2) is 0 Å². The van der Waals surface area contributed by atoms with Crippen molar-refractivity contribution in [2.45, 2.75) is 25.0 Å². The number of hydrogen-bond donors (Lipinski definition) is 3. The van der Waals surface area contributed by atoms with Gasteiger partial charge >= 0.3 is 0 Å². The largest absolute Gasteiger partial charge is 0.390 e. The van der Waals surface area contributed by atoms with Crippen LogP contribution < -0.4 is 10.9 Å². The summed E-state index contributed by atoms with van der Waals surface area (Å²) in [5.74, 6) is 0. The molecule has 6 nitrogen and oxygen atoms in total. The second kappa shape index (κ2) is 5.63. The summed E-state index contributed by atoms with van der Waals surface area (Å²) in [4.78, 5) is 19.4. The normalized spacial score (nSPS) is 22.5. The molecule has 1 aromatic carbocycles. The highest BCUT2D eigenvalue weighted by molar-refractivity contribution is 6.31. The van der Waals surface area contributed by atoms with Gasteiger partial charge in [-0.1, -0.05) is 11.6 Å². The third kappa shape index (κ3) is 2.34. The summed E-state index contributed by atoms with van der Waals surface area (Å²) in [5, 5.41) is 15.2. The molecule has 120 valence electrons. The average molecular weight is 333 g/mol. The average Bonchev–Trinajstić information content (AvgIpc) is 2.70. The number of β-amino-alcohol motifs (C(OH)–C–C–N with tert-alkyl or cyclic N) is 1. The van der Waals surface area contributed by atoms with E-state index >= 15 is 0 Å². The molecular weight excluding hydrogens is 316 g/mol. The van der Waals surface area contributed by atoms with E-state index in [0.717, 1.165) is 30.3 Å². The van der Waals surface area contributed by atoms with Gasteiger partial charge in [0.2, 0.25) is 0 Å². The summed E-state index contributed by atoms with van der Waals surface area (Å²) >= 11 is 6.13. The highest BCUT2D eigenvalue weighted by atomic mass is 35.5. The molecule has 3 heterocycles. The molecule has 7 heteroatoms. The molecule has 0 spiro atoms. The molecule has 3 aromatic rings. The van der Waals surface area contributed by atoms with E-state index in [0.29, 0.717) is 22.6 Å². The monoisotopic (exact) mass is 332 g/mol. The van der Waals surface area contributed by atoms with Gasteiger partial charge in [-0.25, -0.2) is 4.98 Å². The predicted molar refractivity (Wildman–Crippen MR) is 90.0 cm³/mol. The van der Waals surface area contributed by atoms with Crippen LogP contribution >= 0.6 is 11.6 Å². The number of aliphatic hydroxyl groups excluding tert-OH is 1. The van der Waals surface area contributed by atoms with E-state index < -0.39 is 6.10 Å². The smallest absolute Gasteiger partial charge is 0.275 e. The lowest BCUT2D eigenvalue weighted by atomic mass is 10.1. The lowest BCUT2D eigenvalue weighted by molar-refractivity contribution is 0.119. The quantitative estimate of drug-likeness (QED) is 0.634. The summed E-state index contributed by atoms with van der Waals surface area (Å²) in [6.45, 7) is 1.38. The minimum absolute atomic E-state index is 0.170. The Morgan fingerprint density at radius 2 is 2.26 bits per heavy atom. The Morgan fingerprint density at radius 3 is 3.13 bits per heavy atom. The molecule has 1 saturated heterocycles. The van der Waals surface area contributed by atoms with Crippen LogP contribution in [0.3, 0.4) is 0 Å². The fourth-order valence-corrected chi connectivity index (χ4v) is 3.67. The molecule has 3 N–H and O–H groups in total. The van der Waals surface area contributed by atoms with Gasteiger partial charge in [-0.15, -0.1) is 0 Å². The third-order valence-corrected chi connectivity index (χ3v) is 4.76. The predicted octanol–water partition coefficient (Wildman–Crippen LogP) is 1.82. The zero-order chi connectivity index (χ0) is 16.0. The SMILES string of the molecule is O=c1[nH]cnc2c3cc(Cl)ccc3n([C@@H]3CCCNCC3O)c12. The molecule has 0 saturated carbocycles.